The summed E-state index contributed by atoms with van der Waals surface area (Å²) in [5.41, 5.74) is 1.11. The fourth-order valence-corrected chi connectivity index (χ4v) is 4.16. The number of nitrogens with zero attached hydrogens (tertiary/aromatic N) is 1. The number of rotatable bonds is 5. The molecular weight excluding hydrogens is 464 g/mol. The minimum Gasteiger partial charge on any atom is -0.320 e. The van der Waals surface area contributed by atoms with Crippen molar-refractivity contribution in [3.8, 4) is 0 Å². The van der Waals surface area contributed by atoms with E-state index in [0.717, 1.165) is 0 Å². The van der Waals surface area contributed by atoms with E-state index in [2.05, 4.69) is 15.6 Å². The maximum atomic E-state index is 12.7. The maximum absolute atomic E-state index is 12.7. The zero-order valence-corrected chi connectivity index (χ0v) is 17.8. The van der Waals surface area contributed by atoms with Crippen LogP contribution in [-0.4, -0.2) is 16.8 Å². The van der Waals surface area contributed by atoms with Crippen molar-refractivity contribution < 1.29 is 9.59 Å². The standard InChI is InChI=1S/C18H11Cl4N3O2S/c19-6-9-8-28-16(15(9)22)18(27)24-13-3-1-10(20)5-12(13)17(26)25-14-4-2-11(21)7-23-14/h1-5,7-8H,6H2,(H,24,27)(H,23,25,26). The number of anilines is 2. The summed E-state index contributed by atoms with van der Waals surface area (Å²) in [5.74, 6) is -0.441. The SMILES string of the molecule is O=C(Nc1ccc(Cl)cn1)c1cc(Cl)ccc1NC(=O)c1scc(CCl)c1Cl. The molecular formula is C18H11Cl4N3O2S. The highest BCUT2D eigenvalue weighted by molar-refractivity contribution is 7.13. The molecule has 0 aliphatic carbocycles. The van der Waals surface area contributed by atoms with Gasteiger partial charge in [0.15, 0.2) is 0 Å². The van der Waals surface area contributed by atoms with Gasteiger partial charge in [0.1, 0.15) is 10.7 Å². The Kier molecular flexibility index (Phi) is 6.80. The molecule has 1 aromatic carbocycles. The molecule has 144 valence electrons. The summed E-state index contributed by atoms with van der Waals surface area (Å²) in [7, 11) is 0. The minimum absolute atomic E-state index is 0.169. The van der Waals surface area contributed by atoms with Crippen LogP contribution in [0.25, 0.3) is 0 Å². The predicted octanol–water partition coefficient (Wildman–Crippen LogP) is 6.35. The number of hydrogen-bond acceptors (Lipinski definition) is 4. The van der Waals surface area contributed by atoms with E-state index >= 15 is 0 Å². The molecule has 28 heavy (non-hydrogen) atoms. The van der Waals surface area contributed by atoms with Crippen molar-refractivity contribution in [1.29, 1.82) is 0 Å². The lowest BCUT2D eigenvalue weighted by Gasteiger charge is -2.11. The predicted molar refractivity (Wildman–Crippen MR) is 115 cm³/mol. The van der Waals surface area contributed by atoms with E-state index < -0.39 is 11.8 Å². The van der Waals surface area contributed by atoms with Gasteiger partial charge >= 0.3 is 0 Å². The lowest BCUT2D eigenvalue weighted by molar-refractivity contribution is 0.102. The van der Waals surface area contributed by atoms with Crippen LogP contribution < -0.4 is 10.6 Å². The van der Waals surface area contributed by atoms with Crippen LogP contribution in [-0.2, 0) is 5.88 Å². The molecule has 2 heterocycles. The zero-order valence-electron chi connectivity index (χ0n) is 13.9. The molecule has 3 aromatic rings. The van der Waals surface area contributed by atoms with Crippen molar-refractivity contribution in [2.24, 2.45) is 0 Å². The van der Waals surface area contributed by atoms with Gasteiger partial charge in [-0.25, -0.2) is 4.98 Å². The molecule has 0 spiro atoms. The number of thiophene rings is 1. The van der Waals surface area contributed by atoms with Crippen LogP contribution in [0.1, 0.15) is 25.6 Å². The topological polar surface area (TPSA) is 71.1 Å². The molecule has 0 unspecified atom stereocenters. The number of aromatic nitrogens is 1. The number of pyridine rings is 1. The van der Waals surface area contributed by atoms with E-state index in [4.69, 9.17) is 46.4 Å². The van der Waals surface area contributed by atoms with Crippen molar-refractivity contribution in [3.63, 3.8) is 0 Å². The smallest absolute Gasteiger partial charge is 0.267 e. The molecule has 2 N–H and O–H groups in total. The monoisotopic (exact) mass is 473 g/mol. The van der Waals surface area contributed by atoms with E-state index in [1.807, 2.05) is 0 Å². The van der Waals surface area contributed by atoms with E-state index in [-0.39, 0.29) is 17.1 Å². The lowest BCUT2D eigenvalue weighted by atomic mass is 10.1. The first-order valence-electron chi connectivity index (χ1n) is 7.74. The molecule has 2 aromatic heterocycles. The normalized spacial score (nSPS) is 10.6. The molecule has 0 fully saturated rings. The molecule has 0 saturated carbocycles. The lowest BCUT2D eigenvalue weighted by Crippen LogP contribution is -2.18. The van der Waals surface area contributed by atoms with Crippen molar-refractivity contribution in [2.45, 2.75) is 5.88 Å². The highest BCUT2D eigenvalue weighted by atomic mass is 35.5. The van der Waals surface area contributed by atoms with Crippen LogP contribution in [0.4, 0.5) is 11.5 Å². The number of carbonyl (C=O) groups excluding carboxylic acids is 2. The first-order valence-corrected chi connectivity index (χ1v) is 10.3. The Morgan fingerprint density at radius 1 is 1.00 bits per heavy atom. The molecule has 0 bridgehead atoms. The Balaban J connectivity index is 1.85. The van der Waals surface area contributed by atoms with E-state index in [9.17, 15) is 9.59 Å². The summed E-state index contributed by atoms with van der Waals surface area (Å²) in [5, 5.41) is 8.11. The molecule has 5 nitrogen and oxygen atoms in total. The third-order valence-corrected chi connectivity index (χ3v) is 5.91. The van der Waals surface area contributed by atoms with Crippen molar-refractivity contribution in [1.82, 2.24) is 4.98 Å². The summed E-state index contributed by atoms with van der Waals surface area (Å²) in [6, 6.07) is 7.70. The Labute approximate surface area is 184 Å². The van der Waals surface area contributed by atoms with Gasteiger partial charge in [0.05, 0.1) is 21.3 Å². The highest BCUT2D eigenvalue weighted by Crippen LogP contribution is 2.30. The van der Waals surface area contributed by atoms with Gasteiger partial charge < -0.3 is 10.6 Å². The maximum Gasteiger partial charge on any atom is 0.267 e. The van der Waals surface area contributed by atoms with Crippen molar-refractivity contribution >= 4 is 81.1 Å². The number of benzene rings is 1. The first kappa shape index (κ1) is 20.9. The molecule has 0 aliphatic rings. The Bertz CT molecular complexity index is 1040. The number of alkyl halides is 1. The van der Waals surface area contributed by atoms with Gasteiger partial charge in [-0.05, 0) is 41.3 Å². The van der Waals surface area contributed by atoms with Gasteiger partial charge in [-0.15, -0.1) is 22.9 Å². The summed E-state index contributed by atoms with van der Waals surface area (Å²) in [4.78, 5) is 29.6. The van der Waals surface area contributed by atoms with Crippen LogP contribution in [0.2, 0.25) is 15.1 Å². The second kappa shape index (κ2) is 9.11. The van der Waals surface area contributed by atoms with Crippen LogP contribution >= 0.6 is 57.7 Å². The molecule has 0 radical (unpaired) electrons. The van der Waals surface area contributed by atoms with E-state index in [0.29, 0.717) is 31.3 Å². The van der Waals surface area contributed by atoms with Crippen molar-refractivity contribution in [2.75, 3.05) is 10.6 Å². The number of amides is 2. The number of nitrogens with one attached hydrogen (secondary N) is 2. The number of carbonyl (C=O) groups is 2. The Hall–Kier alpha value is -1.83. The Morgan fingerprint density at radius 3 is 2.39 bits per heavy atom. The molecule has 0 saturated heterocycles. The summed E-state index contributed by atoms with van der Waals surface area (Å²) >= 11 is 25.0. The van der Waals surface area contributed by atoms with Gasteiger partial charge in [-0.2, -0.15) is 0 Å². The average molecular weight is 475 g/mol. The van der Waals surface area contributed by atoms with Crippen molar-refractivity contribution in [3.05, 3.63) is 73.0 Å². The summed E-state index contributed by atoms with van der Waals surface area (Å²) in [6.07, 6.45) is 1.41. The largest absolute Gasteiger partial charge is 0.320 e. The summed E-state index contributed by atoms with van der Waals surface area (Å²) in [6.45, 7) is 0. The fraction of sp³-hybridized carbons (Fsp3) is 0.0556. The second-order valence-electron chi connectivity index (χ2n) is 5.50. The fourth-order valence-electron chi connectivity index (χ4n) is 2.25. The van der Waals surface area contributed by atoms with Crippen LogP contribution in [0, 0.1) is 0 Å². The summed E-state index contributed by atoms with van der Waals surface area (Å²) < 4.78 is 0. The van der Waals surface area contributed by atoms with Gasteiger partial charge in [-0.1, -0.05) is 34.8 Å². The molecule has 0 atom stereocenters. The highest BCUT2D eigenvalue weighted by Gasteiger charge is 2.20. The Morgan fingerprint density at radius 2 is 1.75 bits per heavy atom. The van der Waals surface area contributed by atoms with Crippen LogP contribution in [0.3, 0.4) is 0 Å². The quantitative estimate of drug-likeness (QED) is 0.423. The number of halogens is 4. The van der Waals surface area contributed by atoms with Gasteiger partial charge in [0.2, 0.25) is 0 Å². The molecule has 3 rings (SSSR count). The zero-order chi connectivity index (χ0) is 20.3. The minimum atomic E-state index is -0.494. The van der Waals surface area contributed by atoms with E-state index in [1.54, 1.807) is 23.6 Å². The van der Waals surface area contributed by atoms with Crippen LogP contribution in [0.15, 0.2) is 41.9 Å². The first-order chi connectivity index (χ1) is 13.4. The van der Waals surface area contributed by atoms with Gasteiger partial charge in [0, 0.05) is 17.1 Å². The molecule has 0 aliphatic heterocycles. The number of hydrogen-bond donors (Lipinski definition) is 2. The molecule has 2 amide bonds. The third-order valence-electron chi connectivity index (χ3n) is 3.59. The van der Waals surface area contributed by atoms with Gasteiger partial charge in [-0.3, -0.25) is 9.59 Å². The second-order valence-corrected chi connectivity index (χ2v) is 7.90. The van der Waals surface area contributed by atoms with Crippen LogP contribution in [0.5, 0.6) is 0 Å². The molecule has 10 heteroatoms. The van der Waals surface area contributed by atoms with E-state index in [1.165, 1.54) is 29.7 Å². The van der Waals surface area contributed by atoms with Gasteiger partial charge in [0.25, 0.3) is 11.8 Å². The average Bonchev–Trinajstić information content (AvgIpc) is 3.05. The third kappa shape index (κ3) is 4.77.